The van der Waals surface area contributed by atoms with Crippen LogP contribution in [0.25, 0.3) is 0 Å². The number of unbranched alkanes of at least 4 members (excludes halogenated alkanes) is 10. The molecule has 1 saturated heterocycles. The molecule has 2 heterocycles. The highest BCUT2D eigenvalue weighted by Crippen LogP contribution is 2.40. The lowest BCUT2D eigenvalue weighted by Crippen LogP contribution is -2.53. The Morgan fingerprint density at radius 1 is 0.878 bits per heavy atom. The van der Waals surface area contributed by atoms with Crippen LogP contribution in [-0.4, -0.2) is 45.2 Å². The number of hydrazine groups is 1. The number of allylic oxidation sites excluding steroid dienone is 2. The quantitative estimate of drug-likeness (QED) is 0.0668. The van der Waals surface area contributed by atoms with E-state index in [1.807, 2.05) is 0 Å². The zero-order valence-corrected chi connectivity index (χ0v) is 31.0. The molecule has 1 fully saturated rings. The third kappa shape index (κ3) is 10.7. The molecule has 0 radical (unpaired) electrons. The van der Waals surface area contributed by atoms with Gasteiger partial charge in [0.25, 0.3) is 11.8 Å². The molecule has 0 spiro atoms. The average Bonchev–Trinajstić information content (AvgIpc) is 3.50. The number of anilines is 2. The Morgan fingerprint density at radius 3 is 2.10 bits per heavy atom. The molecule has 12 heteroatoms. The van der Waals surface area contributed by atoms with Crippen molar-refractivity contribution in [2.45, 2.75) is 115 Å². The number of amidine groups is 1. The zero-order chi connectivity index (χ0) is 35.3. The minimum atomic E-state index is -1.82. The van der Waals surface area contributed by atoms with Crippen LogP contribution in [0.3, 0.4) is 0 Å². The molecule has 2 aliphatic rings. The van der Waals surface area contributed by atoms with Crippen LogP contribution in [-0.2, 0) is 14.4 Å². The normalized spacial score (nSPS) is 18.7. The number of carbonyl (C=O) groups excluding carboxylic acids is 3. The van der Waals surface area contributed by atoms with Gasteiger partial charge >= 0.3 is 0 Å². The summed E-state index contributed by atoms with van der Waals surface area (Å²) in [5.41, 5.74) is 0.361. The van der Waals surface area contributed by atoms with Gasteiger partial charge in [-0.05, 0) is 56.4 Å². The molecule has 2 aliphatic heterocycles. The maximum Gasteiger partial charge on any atom is 0.284 e. The Hall–Kier alpha value is -2.62. The van der Waals surface area contributed by atoms with Gasteiger partial charge in [0, 0.05) is 16.8 Å². The van der Waals surface area contributed by atoms with E-state index in [-0.39, 0.29) is 38.4 Å². The van der Waals surface area contributed by atoms with E-state index in [0.29, 0.717) is 18.5 Å². The van der Waals surface area contributed by atoms with E-state index in [0.717, 1.165) is 22.9 Å². The first-order chi connectivity index (χ1) is 23.6. The Labute approximate surface area is 310 Å². The van der Waals surface area contributed by atoms with Gasteiger partial charge in [0.2, 0.25) is 5.91 Å². The SMILES string of the molecule is CCCCCCCCCCCCC=CCCC(Cl)CC1CC(=O)N(N(C2=NN(c3c(Cl)cc(Cl)cc3Cl)C(=O)C2O)c2ccccc2)C1=O. The highest BCUT2D eigenvalue weighted by Gasteiger charge is 2.49. The summed E-state index contributed by atoms with van der Waals surface area (Å²) in [7, 11) is 0. The van der Waals surface area contributed by atoms with Gasteiger partial charge in [-0.2, -0.15) is 10.0 Å². The summed E-state index contributed by atoms with van der Waals surface area (Å²) in [5, 5.41) is 18.4. The molecule has 0 aliphatic carbocycles. The highest BCUT2D eigenvalue weighted by molar-refractivity contribution is 6.43. The van der Waals surface area contributed by atoms with Crippen molar-refractivity contribution in [3.05, 3.63) is 69.7 Å². The fourth-order valence-corrected chi connectivity index (χ4v) is 7.49. The number of aliphatic hydroxyl groups is 1. The highest BCUT2D eigenvalue weighted by atomic mass is 35.5. The van der Waals surface area contributed by atoms with Crippen LogP contribution < -0.4 is 10.0 Å². The summed E-state index contributed by atoms with van der Waals surface area (Å²) >= 11 is 25.4. The maximum absolute atomic E-state index is 13.8. The van der Waals surface area contributed by atoms with E-state index in [1.54, 1.807) is 30.3 Å². The third-order valence-corrected chi connectivity index (χ3v) is 9.98. The lowest BCUT2D eigenvalue weighted by atomic mass is 9.99. The zero-order valence-electron chi connectivity index (χ0n) is 28.0. The minimum absolute atomic E-state index is 0.0132. The van der Waals surface area contributed by atoms with E-state index in [2.05, 4.69) is 24.2 Å². The molecule has 49 heavy (non-hydrogen) atoms. The lowest BCUT2D eigenvalue weighted by Gasteiger charge is -2.32. The predicted octanol–water partition coefficient (Wildman–Crippen LogP) is 10.1. The maximum atomic E-state index is 13.8. The van der Waals surface area contributed by atoms with Crippen molar-refractivity contribution < 1.29 is 19.5 Å². The largest absolute Gasteiger partial charge is 0.376 e. The second-order valence-electron chi connectivity index (χ2n) is 12.7. The van der Waals surface area contributed by atoms with Crippen molar-refractivity contribution in [3.63, 3.8) is 0 Å². The van der Waals surface area contributed by atoms with Crippen molar-refractivity contribution in [1.29, 1.82) is 0 Å². The molecule has 0 aromatic heterocycles. The first kappa shape index (κ1) is 39.2. The van der Waals surface area contributed by atoms with Gasteiger partial charge in [0.15, 0.2) is 11.9 Å². The molecule has 3 unspecified atom stereocenters. The molecule has 3 atom stereocenters. The molecule has 0 saturated carbocycles. The molecule has 266 valence electrons. The fraction of sp³-hybridized carbons (Fsp3) is 0.514. The number of hydrogen-bond acceptors (Lipinski definition) is 6. The Bertz CT molecular complexity index is 1470. The molecule has 2 aromatic carbocycles. The second-order valence-corrected chi connectivity index (χ2v) is 14.5. The van der Waals surface area contributed by atoms with E-state index in [9.17, 15) is 19.5 Å². The Morgan fingerprint density at radius 2 is 1.47 bits per heavy atom. The number of hydrazone groups is 1. The molecule has 2 aromatic rings. The molecule has 4 rings (SSSR count). The van der Waals surface area contributed by atoms with Crippen LogP contribution in [0.15, 0.2) is 59.7 Å². The van der Waals surface area contributed by atoms with E-state index in [1.165, 1.54) is 81.3 Å². The van der Waals surface area contributed by atoms with Gasteiger partial charge in [-0.3, -0.25) is 14.4 Å². The smallest absolute Gasteiger partial charge is 0.284 e. The van der Waals surface area contributed by atoms with Crippen molar-refractivity contribution in [2.24, 2.45) is 11.0 Å². The van der Waals surface area contributed by atoms with Crippen molar-refractivity contribution >= 4 is 81.3 Å². The molecule has 8 nitrogen and oxygen atoms in total. The Kier molecular flexibility index (Phi) is 15.7. The minimum Gasteiger partial charge on any atom is -0.376 e. The van der Waals surface area contributed by atoms with Crippen molar-refractivity contribution in [1.82, 2.24) is 5.01 Å². The summed E-state index contributed by atoms with van der Waals surface area (Å²) in [4.78, 5) is 40.5. The van der Waals surface area contributed by atoms with Crippen LogP contribution in [0.4, 0.5) is 11.4 Å². The van der Waals surface area contributed by atoms with Gasteiger partial charge in [-0.1, -0.05) is 130 Å². The summed E-state index contributed by atoms with van der Waals surface area (Å²) in [5.74, 6) is -2.76. The number of para-hydroxylation sites is 1. The Balaban J connectivity index is 1.33. The molecule has 3 amide bonds. The number of alkyl halides is 1. The van der Waals surface area contributed by atoms with E-state index >= 15 is 0 Å². The van der Waals surface area contributed by atoms with Gasteiger partial charge in [-0.25, -0.2) is 5.01 Å². The van der Waals surface area contributed by atoms with Gasteiger partial charge in [0.1, 0.15) is 5.69 Å². The standard InChI is InChI=1S/C37H46Cl4N4O4/c1-2-3-4-5-6-7-8-9-10-11-12-13-14-16-19-27(38)22-26-23-32(46)45(36(26)48)44(29-20-17-15-18-21-29)35-34(47)37(49)43(42-35)33-30(40)24-28(39)25-31(33)41/h13-15,17-18,20-21,24-27,34,47H,2-12,16,19,22-23H2,1H3. The average molecular weight is 753 g/mol. The summed E-state index contributed by atoms with van der Waals surface area (Å²) < 4.78 is 0. The van der Waals surface area contributed by atoms with E-state index < -0.39 is 29.7 Å². The second kappa shape index (κ2) is 19.7. The first-order valence-electron chi connectivity index (χ1n) is 17.4. The number of hydrogen-bond donors (Lipinski definition) is 1. The topological polar surface area (TPSA) is 93.5 Å². The van der Waals surface area contributed by atoms with Crippen molar-refractivity contribution in [3.8, 4) is 0 Å². The number of rotatable bonds is 19. The summed E-state index contributed by atoms with van der Waals surface area (Å²) in [6.45, 7) is 2.25. The van der Waals surface area contributed by atoms with E-state index in [4.69, 9.17) is 46.4 Å². The monoisotopic (exact) mass is 750 g/mol. The third-order valence-electron chi connectivity index (χ3n) is 8.79. The van der Waals surface area contributed by atoms with Crippen LogP contribution in [0, 0.1) is 5.92 Å². The molecular weight excluding hydrogens is 706 g/mol. The molecule has 0 bridgehead atoms. The van der Waals surface area contributed by atoms with Gasteiger partial charge in [-0.15, -0.1) is 16.7 Å². The van der Waals surface area contributed by atoms with Gasteiger partial charge < -0.3 is 5.11 Å². The number of carbonyl (C=O) groups is 3. The number of halogens is 4. The number of benzene rings is 2. The predicted molar refractivity (Wildman–Crippen MR) is 200 cm³/mol. The van der Waals surface area contributed by atoms with Crippen molar-refractivity contribution in [2.75, 3.05) is 10.0 Å². The number of nitrogens with zero attached hydrogens (tertiary/aromatic N) is 4. The summed E-state index contributed by atoms with van der Waals surface area (Å²) in [6, 6.07) is 11.2. The first-order valence-corrected chi connectivity index (χ1v) is 19.0. The summed E-state index contributed by atoms with van der Waals surface area (Å²) in [6.07, 6.45) is 18.5. The fourth-order valence-electron chi connectivity index (χ4n) is 6.17. The van der Waals surface area contributed by atoms with Crippen LogP contribution >= 0.6 is 46.4 Å². The lowest BCUT2D eigenvalue weighted by molar-refractivity contribution is -0.139. The molecular formula is C37H46Cl4N4O4. The molecule has 1 N–H and O–H groups in total. The van der Waals surface area contributed by atoms with Gasteiger partial charge in [0.05, 0.1) is 21.7 Å². The van der Waals surface area contributed by atoms with Crippen LogP contribution in [0.2, 0.25) is 15.1 Å². The number of aliphatic hydroxyl groups excluding tert-OH is 1. The van der Waals surface area contributed by atoms with Crippen LogP contribution in [0.5, 0.6) is 0 Å². The number of imide groups is 1. The van der Waals surface area contributed by atoms with Crippen LogP contribution in [0.1, 0.15) is 103 Å². The number of amides is 3.